The molecule has 2 rings (SSSR count). The van der Waals surface area contributed by atoms with Gasteiger partial charge < -0.3 is 25.2 Å². The fourth-order valence-electron chi connectivity index (χ4n) is 2.10. The summed E-state index contributed by atoms with van der Waals surface area (Å²) in [6.45, 7) is 7.17. The molecule has 0 bridgehead atoms. The molecule has 0 unspecified atom stereocenters. The molecule has 1 saturated heterocycles. The third-order valence-electron chi connectivity index (χ3n) is 3.15. The summed E-state index contributed by atoms with van der Waals surface area (Å²) in [5.41, 5.74) is 1.23. The van der Waals surface area contributed by atoms with E-state index in [-0.39, 0.29) is 0 Å². The Morgan fingerprint density at radius 1 is 1.17 bits per heavy atom. The highest BCUT2D eigenvalue weighted by atomic mass is 16.5. The van der Waals surface area contributed by atoms with Gasteiger partial charge in [0.15, 0.2) is 0 Å². The van der Waals surface area contributed by atoms with E-state index in [0.717, 1.165) is 45.0 Å². The minimum absolute atomic E-state index is 0.558. The first-order valence-electron chi connectivity index (χ1n) is 7.86. The Labute approximate surface area is 141 Å². The second-order valence-corrected chi connectivity index (χ2v) is 5.06. The topological polar surface area (TPSA) is 99.1 Å². The summed E-state index contributed by atoms with van der Waals surface area (Å²) >= 11 is 0. The van der Waals surface area contributed by atoms with Crippen LogP contribution >= 0.6 is 0 Å². The Balaban J connectivity index is 0.000000307. The van der Waals surface area contributed by atoms with Gasteiger partial charge in [-0.05, 0) is 18.6 Å². The average Bonchev–Trinajstić information content (AvgIpc) is 2.60. The fraction of sp³-hybridized carbons (Fsp3) is 0.412. The van der Waals surface area contributed by atoms with Crippen LogP contribution in [0.3, 0.4) is 0 Å². The Hall–Kier alpha value is -2.54. The summed E-state index contributed by atoms with van der Waals surface area (Å²) in [5, 5.41) is 19.0. The number of carboxylic acid groups (broad SMARTS) is 2. The van der Waals surface area contributed by atoms with Gasteiger partial charge in [-0.15, -0.1) is 0 Å². The predicted octanol–water partition coefficient (Wildman–Crippen LogP) is 1.60. The quantitative estimate of drug-likeness (QED) is 0.679. The second-order valence-electron chi connectivity index (χ2n) is 5.06. The van der Waals surface area contributed by atoms with Crippen molar-refractivity contribution in [3.8, 4) is 5.75 Å². The standard InChI is InChI=1S/C13H20N2O.C4H4O4/c1-2-11-16-13-6-4-3-5-12(13)15-9-7-14-8-10-15;5-3(6)1-2-4(7)8/h3-6,14H,2,7-11H2,1H3;1-2H,(H,5,6)(H,7,8). The van der Waals surface area contributed by atoms with Crippen molar-refractivity contribution in [3.63, 3.8) is 0 Å². The molecule has 0 aromatic heterocycles. The van der Waals surface area contributed by atoms with Crippen molar-refractivity contribution in [2.45, 2.75) is 13.3 Å². The molecule has 1 aromatic rings. The summed E-state index contributed by atoms with van der Waals surface area (Å²) in [7, 11) is 0. The van der Waals surface area contributed by atoms with Crippen LogP contribution in [0.2, 0.25) is 0 Å². The van der Waals surface area contributed by atoms with Gasteiger partial charge in [-0.2, -0.15) is 0 Å². The molecule has 0 amide bonds. The number of rotatable bonds is 6. The smallest absolute Gasteiger partial charge is 0.328 e. The maximum atomic E-state index is 9.55. The number of aliphatic carboxylic acids is 2. The van der Waals surface area contributed by atoms with E-state index >= 15 is 0 Å². The molecule has 0 radical (unpaired) electrons. The van der Waals surface area contributed by atoms with Crippen LogP contribution in [-0.2, 0) is 9.59 Å². The fourth-order valence-corrected chi connectivity index (χ4v) is 2.10. The number of benzene rings is 1. The molecule has 1 aliphatic heterocycles. The highest BCUT2D eigenvalue weighted by Crippen LogP contribution is 2.28. The Morgan fingerprint density at radius 3 is 2.29 bits per heavy atom. The third-order valence-corrected chi connectivity index (χ3v) is 3.15. The molecule has 1 heterocycles. The van der Waals surface area contributed by atoms with Crippen LogP contribution in [0.1, 0.15) is 13.3 Å². The first kappa shape index (κ1) is 19.5. The molecule has 1 fully saturated rings. The number of carboxylic acids is 2. The van der Waals surface area contributed by atoms with Crippen molar-refractivity contribution in [2.75, 3.05) is 37.7 Å². The molecule has 3 N–H and O–H groups in total. The molecule has 0 aliphatic carbocycles. The second kappa shape index (κ2) is 11.1. The lowest BCUT2D eigenvalue weighted by Crippen LogP contribution is -2.43. The van der Waals surface area contributed by atoms with E-state index < -0.39 is 11.9 Å². The largest absolute Gasteiger partial charge is 0.491 e. The molecule has 7 heteroatoms. The summed E-state index contributed by atoms with van der Waals surface area (Å²) in [6, 6.07) is 8.33. The van der Waals surface area contributed by atoms with Crippen LogP contribution in [0.4, 0.5) is 5.69 Å². The molecule has 24 heavy (non-hydrogen) atoms. The SMILES string of the molecule is CCCOc1ccccc1N1CCNCC1.O=C(O)C=CC(=O)O. The Bertz CT molecular complexity index is 538. The van der Waals surface area contributed by atoms with Crippen LogP contribution in [0.5, 0.6) is 5.75 Å². The van der Waals surface area contributed by atoms with Crippen LogP contribution in [0, 0.1) is 0 Å². The minimum Gasteiger partial charge on any atom is -0.491 e. The van der Waals surface area contributed by atoms with E-state index in [1.165, 1.54) is 5.69 Å². The lowest BCUT2D eigenvalue weighted by molar-refractivity contribution is -0.134. The summed E-state index contributed by atoms with van der Waals surface area (Å²) in [6.07, 6.45) is 2.17. The molecule has 7 nitrogen and oxygen atoms in total. The molecule has 0 atom stereocenters. The average molecular weight is 336 g/mol. The predicted molar refractivity (Wildman–Crippen MR) is 91.7 cm³/mol. The molecule has 0 saturated carbocycles. The van der Waals surface area contributed by atoms with Crippen LogP contribution in [0.25, 0.3) is 0 Å². The molecule has 0 spiro atoms. The maximum Gasteiger partial charge on any atom is 0.328 e. The minimum atomic E-state index is -1.26. The van der Waals surface area contributed by atoms with Gasteiger partial charge in [0.25, 0.3) is 0 Å². The van der Waals surface area contributed by atoms with Crippen molar-refractivity contribution in [2.24, 2.45) is 0 Å². The molecular formula is C17H24N2O5. The number of piperazine rings is 1. The van der Waals surface area contributed by atoms with Gasteiger partial charge in [-0.25, -0.2) is 9.59 Å². The molecule has 1 aromatic carbocycles. The Morgan fingerprint density at radius 2 is 1.75 bits per heavy atom. The van der Waals surface area contributed by atoms with E-state index in [2.05, 4.69) is 35.3 Å². The van der Waals surface area contributed by atoms with E-state index in [1.54, 1.807) is 0 Å². The van der Waals surface area contributed by atoms with Crippen molar-refractivity contribution in [1.82, 2.24) is 5.32 Å². The van der Waals surface area contributed by atoms with Crippen molar-refractivity contribution in [1.29, 1.82) is 0 Å². The van der Waals surface area contributed by atoms with E-state index in [4.69, 9.17) is 14.9 Å². The van der Waals surface area contributed by atoms with Crippen LogP contribution < -0.4 is 15.0 Å². The number of para-hydroxylation sites is 2. The summed E-state index contributed by atoms with van der Waals surface area (Å²) in [5.74, 6) is -1.49. The number of nitrogens with zero attached hydrogens (tertiary/aromatic N) is 1. The van der Waals surface area contributed by atoms with Gasteiger partial charge in [-0.3, -0.25) is 0 Å². The Kier molecular flexibility index (Phi) is 8.99. The van der Waals surface area contributed by atoms with Gasteiger partial charge in [-0.1, -0.05) is 19.1 Å². The highest BCUT2D eigenvalue weighted by molar-refractivity contribution is 5.89. The zero-order valence-corrected chi connectivity index (χ0v) is 13.8. The molecular weight excluding hydrogens is 312 g/mol. The lowest BCUT2D eigenvalue weighted by Gasteiger charge is -2.30. The summed E-state index contributed by atoms with van der Waals surface area (Å²) in [4.78, 5) is 21.5. The zero-order valence-electron chi connectivity index (χ0n) is 13.8. The number of hydrogen-bond acceptors (Lipinski definition) is 5. The van der Waals surface area contributed by atoms with Gasteiger partial charge in [0.05, 0.1) is 12.3 Å². The highest BCUT2D eigenvalue weighted by Gasteiger charge is 2.14. The normalized spacial score (nSPS) is 14.0. The maximum absolute atomic E-state index is 9.55. The number of carbonyl (C=O) groups is 2. The number of ether oxygens (including phenoxy) is 1. The zero-order chi connectivity index (χ0) is 17.8. The molecule has 1 aliphatic rings. The van der Waals surface area contributed by atoms with E-state index in [9.17, 15) is 9.59 Å². The first-order chi connectivity index (χ1) is 11.5. The third kappa shape index (κ3) is 7.64. The number of hydrogen-bond donors (Lipinski definition) is 3. The van der Waals surface area contributed by atoms with Crippen LogP contribution in [0.15, 0.2) is 36.4 Å². The van der Waals surface area contributed by atoms with Gasteiger partial charge in [0.2, 0.25) is 0 Å². The van der Waals surface area contributed by atoms with Gasteiger partial charge in [0.1, 0.15) is 5.75 Å². The molecule has 132 valence electrons. The monoisotopic (exact) mass is 336 g/mol. The summed E-state index contributed by atoms with van der Waals surface area (Å²) < 4.78 is 5.78. The van der Waals surface area contributed by atoms with Gasteiger partial charge >= 0.3 is 11.9 Å². The van der Waals surface area contributed by atoms with Crippen molar-refractivity contribution in [3.05, 3.63) is 36.4 Å². The van der Waals surface area contributed by atoms with Crippen molar-refractivity contribution < 1.29 is 24.5 Å². The first-order valence-corrected chi connectivity index (χ1v) is 7.86. The number of nitrogens with one attached hydrogen (secondary N) is 1. The van der Waals surface area contributed by atoms with E-state index in [0.29, 0.717) is 12.2 Å². The van der Waals surface area contributed by atoms with Crippen molar-refractivity contribution >= 4 is 17.6 Å². The number of anilines is 1. The van der Waals surface area contributed by atoms with Gasteiger partial charge in [0, 0.05) is 38.3 Å². The van der Waals surface area contributed by atoms with Crippen LogP contribution in [-0.4, -0.2) is 54.9 Å². The van der Waals surface area contributed by atoms with E-state index in [1.807, 2.05) is 6.07 Å². The lowest BCUT2D eigenvalue weighted by atomic mass is 10.2.